The van der Waals surface area contributed by atoms with Crippen molar-refractivity contribution in [2.24, 2.45) is 5.92 Å². The molecule has 0 spiro atoms. The molecule has 0 saturated heterocycles. The number of allylic oxidation sites excluding steroid dienone is 2. The SMILES string of the molecule is S=C1C=C(S)C2C=CC=CC2N1. The Bertz CT molecular complexity index is 302. The van der Waals surface area contributed by atoms with Crippen molar-refractivity contribution in [1.82, 2.24) is 5.32 Å². The van der Waals surface area contributed by atoms with Crippen LogP contribution in [0.25, 0.3) is 0 Å². The Morgan fingerprint density at radius 1 is 1.33 bits per heavy atom. The van der Waals surface area contributed by atoms with E-state index in [9.17, 15) is 0 Å². The lowest BCUT2D eigenvalue weighted by Crippen LogP contribution is -2.41. The molecular weight excluding hydrogens is 186 g/mol. The predicted octanol–water partition coefficient (Wildman–Crippen LogP) is 1.84. The minimum absolute atomic E-state index is 0.306. The second kappa shape index (κ2) is 3.07. The van der Waals surface area contributed by atoms with E-state index in [2.05, 4.69) is 30.1 Å². The van der Waals surface area contributed by atoms with Crippen LogP contribution in [0.15, 0.2) is 35.3 Å². The molecule has 62 valence electrons. The van der Waals surface area contributed by atoms with Gasteiger partial charge in [-0.15, -0.1) is 12.6 Å². The smallest absolute Gasteiger partial charge is 0.100 e. The first-order chi connectivity index (χ1) is 5.77. The molecule has 0 aromatic heterocycles. The average Bonchev–Trinajstić information content (AvgIpc) is 2.04. The molecule has 2 rings (SSSR count). The first kappa shape index (κ1) is 8.08. The van der Waals surface area contributed by atoms with Crippen LogP contribution in [-0.4, -0.2) is 11.0 Å². The van der Waals surface area contributed by atoms with Gasteiger partial charge < -0.3 is 5.32 Å². The number of thiocarbonyl (C=S) groups is 1. The van der Waals surface area contributed by atoms with Crippen molar-refractivity contribution in [2.45, 2.75) is 6.04 Å². The van der Waals surface area contributed by atoms with Gasteiger partial charge in [-0.25, -0.2) is 0 Å². The molecule has 0 bridgehead atoms. The fourth-order valence-corrected chi connectivity index (χ4v) is 2.19. The summed E-state index contributed by atoms with van der Waals surface area (Å²) in [5.74, 6) is 0.366. The van der Waals surface area contributed by atoms with Crippen LogP contribution >= 0.6 is 24.8 Å². The van der Waals surface area contributed by atoms with Crippen molar-refractivity contribution >= 4 is 29.8 Å². The van der Waals surface area contributed by atoms with Gasteiger partial charge in [0.05, 0.1) is 6.04 Å². The zero-order valence-electron chi connectivity index (χ0n) is 6.40. The van der Waals surface area contributed by atoms with Crippen molar-refractivity contribution < 1.29 is 0 Å². The van der Waals surface area contributed by atoms with E-state index in [1.54, 1.807) is 0 Å². The van der Waals surface area contributed by atoms with Crippen LogP contribution in [0.5, 0.6) is 0 Å². The van der Waals surface area contributed by atoms with Crippen LogP contribution in [0.1, 0.15) is 0 Å². The molecule has 0 radical (unpaired) electrons. The number of hydrogen-bond donors (Lipinski definition) is 2. The normalized spacial score (nSPS) is 32.4. The van der Waals surface area contributed by atoms with Gasteiger partial charge in [-0.1, -0.05) is 36.5 Å². The number of nitrogens with one attached hydrogen (secondary N) is 1. The van der Waals surface area contributed by atoms with Crippen LogP contribution in [-0.2, 0) is 0 Å². The molecule has 0 saturated carbocycles. The maximum Gasteiger partial charge on any atom is 0.100 e. The summed E-state index contributed by atoms with van der Waals surface area (Å²) in [4.78, 5) is 1.82. The molecule has 2 atom stereocenters. The molecule has 2 aliphatic rings. The first-order valence-corrected chi connectivity index (χ1v) is 4.69. The van der Waals surface area contributed by atoms with E-state index < -0.39 is 0 Å². The van der Waals surface area contributed by atoms with E-state index in [0.29, 0.717) is 12.0 Å². The molecule has 3 heteroatoms. The van der Waals surface area contributed by atoms with Crippen LogP contribution in [0.3, 0.4) is 0 Å². The summed E-state index contributed by atoms with van der Waals surface area (Å²) in [5.41, 5.74) is 0. The van der Waals surface area contributed by atoms with Crippen LogP contribution in [0.4, 0.5) is 0 Å². The third kappa shape index (κ3) is 1.34. The molecule has 12 heavy (non-hydrogen) atoms. The molecule has 1 nitrogen and oxygen atoms in total. The van der Waals surface area contributed by atoms with Gasteiger partial charge in [0.25, 0.3) is 0 Å². The molecule has 2 unspecified atom stereocenters. The van der Waals surface area contributed by atoms with Gasteiger partial charge in [-0.3, -0.25) is 0 Å². The van der Waals surface area contributed by atoms with E-state index in [1.807, 2.05) is 18.2 Å². The van der Waals surface area contributed by atoms with Crippen molar-refractivity contribution in [3.63, 3.8) is 0 Å². The van der Waals surface area contributed by atoms with Crippen LogP contribution in [0, 0.1) is 5.92 Å². The lowest BCUT2D eigenvalue weighted by molar-refractivity contribution is 0.610. The Morgan fingerprint density at radius 3 is 2.92 bits per heavy atom. The van der Waals surface area contributed by atoms with E-state index >= 15 is 0 Å². The summed E-state index contributed by atoms with van der Waals surface area (Å²) in [6.07, 6.45) is 10.2. The average molecular weight is 195 g/mol. The Balaban J connectivity index is 2.34. The summed E-state index contributed by atoms with van der Waals surface area (Å²) < 4.78 is 0. The second-order valence-electron chi connectivity index (χ2n) is 2.90. The minimum Gasteiger partial charge on any atom is -0.369 e. The molecule has 1 heterocycles. The highest BCUT2D eigenvalue weighted by atomic mass is 32.1. The van der Waals surface area contributed by atoms with Gasteiger partial charge >= 0.3 is 0 Å². The Morgan fingerprint density at radius 2 is 2.08 bits per heavy atom. The van der Waals surface area contributed by atoms with Crippen molar-refractivity contribution in [1.29, 1.82) is 0 Å². The highest BCUT2D eigenvalue weighted by Gasteiger charge is 2.24. The maximum absolute atomic E-state index is 5.06. The summed E-state index contributed by atoms with van der Waals surface area (Å²) in [7, 11) is 0. The monoisotopic (exact) mass is 195 g/mol. The number of thiol groups is 1. The third-order valence-corrected chi connectivity index (χ3v) is 2.73. The van der Waals surface area contributed by atoms with Crippen molar-refractivity contribution in [3.05, 3.63) is 35.3 Å². The first-order valence-electron chi connectivity index (χ1n) is 3.83. The quantitative estimate of drug-likeness (QED) is 0.452. The van der Waals surface area contributed by atoms with Gasteiger partial charge in [0.1, 0.15) is 4.99 Å². The van der Waals surface area contributed by atoms with E-state index in [4.69, 9.17) is 12.2 Å². The Labute approximate surface area is 82.6 Å². The molecule has 0 fully saturated rings. The molecule has 1 aliphatic heterocycles. The van der Waals surface area contributed by atoms with Crippen molar-refractivity contribution in [2.75, 3.05) is 0 Å². The lowest BCUT2D eigenvalue weighted by atomic mass is 9.92. The largest absolute Gasteiger partial charge is 0.369 e. The molecule has 1 N–H and O–H groups in total. The summed E-state index contributed by atoms with van der Waals surface area (Å²) in [5, 5.41) is 3.22. The Hall–Kier alpha value is -0.540. The van der Waals surface area contributed by atoms with E-state index in [0.717, 1.165) is 9.89 Å². The summed E-state index contributed by atoms with van der Waals surface area (Å²) in [6, 6.07) is 0.306. The summed E-state index contributed by atoms with van der Waals surface area (Å²) >= 11 is 9.45. The molecular formula is C9H9NS2. The van der Waals surface area contributed by atoms with Gasteiger partial charge in [0, 0.05) is 5.92 Å². The van der Waals surface area contributed by atoms with Gasteiger partial charge in [0.15, 0.2) is 0 Å². The highest BCUT2D eigenvalue weighted by Crippen LogP contribution is 2.27. The van der Waals surface area contributed by atoms with E-state index in [1.165, 1.54) is 0 Å². The van der Waals surface area contributed by atoms with Gasteiger partial charge in [0.2, 0.25) is 0 Å². The number of hydrogen-bond acceptors (Lipinski definition) is 2. The summed E-state index contributed by atoms with van der Waals surface area (Å²) in [6.45, 7) is 0. The minimum atomic E-state index is 0.306. The standard InChI is InChI=1S/C9H9NS2/c11-8-5-9(12)10-7-4-2-1-3-6(7)8/h1-7,11H,(H,10,12). The highest BCUT2D eigenvalue weighted by molar-refractivity contribution is 7.85. The van der Waals surface area contributed by atoms with Gasteiger partial charge in [-0.2, -0.15) is 0 Å². The van der Waals surface area contributed by atoms with E-state index in [-0.39, 0.29) is 0 Å². The zero-order chi connectivity index (χ0) is 8.55. The number of fused-ring (bicyclic) bond motifs is 1. The topological polar surface area (TPSA) is 12.0 Å². The lowest BCUT2D eigenvalue weighted by Gasteiger charge is -2.29. The molecule has 0 aromatic rings. The third-order valence-electron chi connectivity index (χ3n) is 2.06. The Kier molecular flexibility index (Phi) is 2.07. The predicted molar refractivity (Wildman–Crippen MR) is 58.4 cm³/mol. The maximum atomic E-state index is 5.06. The second-order valence-corrected chi connectivity index (χ2v) is 3.86. The van der Waals surface area contributed by atoms with Crippen molar-refractivity contribution in [3.8, 4) is 0 Å². The molecule has 1 aliphatic carbocycles. The molecule has 0 amide bonds. The number of rotatable bonds is 0. The molecule has 0 aromatic carbocycles. The van der Waals surface area contributed by atoms with Crippen LogP contribution in [0.2, 0.25) is 0 Å². The zero-order valence-corrected chi connectivity index (χ0v) is 8.11. The van der Waals surface area contributed by atoms with Gasteiger partial charge in [-0.05, 0) is 11.0 Å². The fourth-order valence-electron chi connectivity index (χ4n) is 1.46. The fraction of sp³-hybridized carbons (Fsp3) is 0.222. The van der Waals surface area contributed by atoms with Crippen LogP contribution < -0.4 is 5.32 Å².